The number of methoxy groups -OCH3 is 1. The van der Waals surface area contributed by atoms with E-state index < -0.39 is 0 Å². The molecule has 0 amide bonds. The number of rotatable bonds is 4. The molecule has 1 atom stereocenters. The van der Waals surface area contributed by atoms with E-state index in [1.54, 1.807) is 19.2 Å². The molecule has 5 nitrogen and oxygen atoms in total. The van der Waals surface area contributed by atoms with E-state index in [0.717, 1.165) is 38.0 Å². The van der Waals surface area contributed by atoms with E-state index in [1.165, 1.54) is 0 Å². The summed E-state index contributed by atoms with van der Waals surface area (Å²) in [7, 11) is 1.73. The lowest BCUT2D eigenvalue weighted by molar-refractivity contribution is -0.385. The Morgan fingerprint density at radius 3 is 3.05 bits per heavy atom. The first kappa shape index (κ1) is 14.4. The van der Waals surface area contributed by atoms with Crippen LogP contribution in [0, 0.1) is 10.1 Å². The van der Waals surface area contributed by atoms with E-state index in [-0.39, 0.29) is 16.7 Å². The fourth-order valence-corrected chi connectivity index (χ4v) is 2.80. The van der Waals surface area contributed by atoms with Crippen molar-refractivity contribution in [2.24, 2.45) is 0 Å². The minimum absolute atomic E-state index is 0.123. The van der Waals surface area contributed by atoms with Crippen LogP contribution in [0.1, 0.15) is 18.4 Å². The number of nitro benzene ring substituents is 1. The van der Waals surface area contributed by atoms with E-state index in [1.807, 2.05) is 6.07 Å². The Labute approximate surface area is 120 Å². The van der Waals surface area contributed by atoms with E-state index in [9.17, 15) is 10.1 Å². The van der Waals surface area contributed by atoms with Crippen LogP contribution in [0.15, 0.2) is 22.7 Å². The molecule has 0 radical (unpaired) electrons. The van der Waals surface area contributed by atoms with Gasteiger partial charge in [-0.1, -0.05) is 6.07 Å². The summed E-state index contributed by atoms with van der Waals surface area (Å²) in [6, 6.07) is 5.30. The zero-order chi connectivity index (χ0) is 13.8. The van der Waals surface area contributed by atoms with Gasteiger partial charge in [0.15, 0.2) is 0 Å². The summed E-state index contributed by atoms with van der Waals surface area (Å²) in [5.41, 5.74) is 1.09. The fraction of sp³-hybridized carbons (Fsp3) is 0.538. The molecule has 0 saturated carbocycles. The Balaban J connectivity index is 2.06. The zero-order valence-electron chi connectivity index (χ0n) is 10.8. The molecule has 1 heterocycles. The average Bonchev–Trinajstić information content (AvgIpc) is 2.41. The first-order valence-corrected chi connectivity index (χ1v) is 7.07. The van der Waals surface area contributed by atoms with Crippen molar-refractivity contribution in [3.63, 3.8) is 0 Å². The molecule has 1 aromatic rings. The molecule has 19 heavy (non-hydrogen) atoms. The first-order valence-electron chi connectivity index (χ1n) is 6.28. The van der Waals surface area contributed by atoms with Crippen LogP contribution in [-0.4, -0.2) is 36.1 Å². The van der Waals surface area contributed by atoms with Gasteiger partial charge in [0.1, 0.15) is 0 Å². The van der Waals surface area contributed by atoms with E-state index in [4.69, 9.17) is 4.74 Å². The summed E-state index contributed by atoms with van der Waals surface area (Å²) >= 11 is 3.20. The fourth-order valence-electron chi connectivity index (χ4n) is 2.40. The number of halogens is 1. The van der Waals surface area contributed by atoms with Crippen LogP contribution in [0.3, 0.4) is 0 Å². The van der Waals surface area contributed by atoms with Crippen molar-refractivity contribution in [2.45, 2.75) is 25.5 Å². The largest absolute Gasteiger partial charge is 0.380 e. The third-order valence-electron chi connectivity index (χ3n) is 3.41. The van der Waals surface area contributed by atoms with Gasteiger partial charge >= 0.3 is 0 Å². The van der Waals surface area contributed by atoms with Crippen molar-refractivity contribution >= 4 is 21.6 Å². The first-order chi connectivity index (χ1) is 9.10. The highest BCUT2D eigenvalue weighted by Gasteiger charge is 2.20. The van der Waals surface area contributed by atoms with Gasteiger partial charge in [-0.2, -0.15) is 0 Å². The zero-order valence-corrected chi connectivity index (χ0v) is 12.4. The van der Waals surface area contributed by atoms with Crippen molar-refractivity contribution in [2.75, 3.05) is 20.2 Å². The third-order valence-corrected chi connectivity index (χ3v) is 4.08. The monoisotopic (exact) mass is 328 g/mol. The molecule has 1 aromatic carbocycles. The van der Waals surface area contributed by atoms with Crippen molar-refractivity contribution in [1.82, 2.24) is 4.90 Å². The number of nitrogens with zero attached hydrogens (tertiary/aromatic N) is 2. The molecule has 104 valence electrons. The van der Waals surface area contributed by atoms with Gasteiger partial charge in [0.05, 0.1) is 15.5 Å². The number of benzene rings is 1. The second-order valence-corrected chi connectivity index (χ2v) is 5.63. The van der Waals surface area contributed by atoms with Gasteiger partial charge < -0.3 is 4.74 Å². The molecule has 0 N–H and O–H groups in total. The standard InChI is InChI=1S/C13H17BrN2O3/c1-19-11-3-2-6-15(9-11)8-10-4-5-12(14)13(7-10)16(17)18/h4-5,7,11H,2-3,6,8-9H2,1H3. The predicted octanol–water partition coefficient (Wildman–Crippen LogP) is 2.97. The number of hydrogen-bond donors (Lipinski definition) is 0. The molecule has 1 aliphatic heterocycles. The molecule has 6 heteroatoms. The Morgan fingerprint density at radius 2 is 2.37 bits per heavy atom. The molecule has 1 unspecified atom stereocenters. The smallest absolute Gasteiger partial charge is 0.283 e. The average molecular weight is 329 g/mol. The molecule has 1 fully saturated rings. The molecule has 0 spiro atoms. The van der Waals surface area contributed by atoms with Gasteiger partial charge in [0.2, 0.25) is 0 Å². The van der Waals surface area contributed by atoms with Crippen molar-refractivity contribution in [3.8, 4) is 0 Å². The topological polar surface area (TPSA) is 55.6 Å². The minimum Gasteiger partial charge on any atom is -0.380 e. The van der Waals surface area contributed by atoms with Gasteiger partial charge in [0, 0.05) is 26.3 Å². The van der Waals surface area contributed by atoms with E-state index in [0.29, 0.717) is 4.47 Å². The maximum atomic E-state index is 10.9. The molecule has 0 aliphatic carbocycles. The number of nitro groups is 1. The maximum Gasteiger partial charge on any atom is 0.283 e. The number of ether oxygens (including phenoxy) is 1. The van der Waals surface area contributed by atoms with Gasteiger partial charge in [-0.15, -0.1) is 0 Å². The molecule has 0 bridgehead atoms. The lowest BCUT2D eigenvalue weighted by Crippen LogP contribution is -2.38. The van der Waals surface area contributed by atoms with Crippen LogP contribution in [0.25, 0.3) is 0 Å². The second kappa shape index (κ2) is 6.45. The SMILES string of the molecule is COC1CCCN(Cc2ccc(Br)c([N+](=O)[O-])c2)C1. The number of likely N-dealkylation sites (tertiary alicyclic amines) is 1. The van der Waals surface area contributed by atoms with Crippen LogP contribution in [0.5, 0.6) is 0 Å². The van der Waals surface area contributed by atoms with Crippen LogP contribution in [0.4, 0.5) is 5.69 Å². The van der Waals surface area contributed by atoms with Gasteiger partial charge in [-0.3, -0.25) is 15.0 Å². The predicted molar refractivity (Wildman–Crippen MR) is 76.1 cm³/mol. The van der Waals surface area contributed by atoms with Crippen LogP contribution in [-0.2, 0) is 11.3 Å². The van der Waals surface area contributed by atoms with E-state index >= 15 is 0 Å². The van der Waals surface area contributed by atoms with Gasteiger partial charge in [-0.05, 0) is 46.9 Å². The van der Waals surface area contributed by atoms with Gasteiger partial charge in [0.25, 0.3) is 5.69 Å². The summed E-state index contributed by atoms with van der Waals surface area (Å²) in [6.45, 7) is 2.64. The minimum atomic E-state index is -0.359. The van der Waals surface area contributed by atoms with E-state index in [2.05, 4.69) is 20.8 Å². The second-order valence-electron chi connectivity index (χ2n) is 4.78. The summed E-state index contributed by atoms with van der Waals surface area (Å²) in [6.07, 6.45) is 2.48. The highest BCUT2D eigenvalue weighted by Crippen LogP contribution is 2.26. The molecule has 0 aromatic heterocycles. The quantitative estimate of drug-likeness (QED) is 0.629. The maximum absolute atomic E-state index is 10.9. The Morgan fingerprint density at radius 1 is 1.58 bits per heavy atom. The molecule has 1 aliphatic rings. The highest BCUT2D eigenvalue weighted by molar-refractivity contribution is 9.10. The third kappa shape index (κ3) is 3.75. The summed E-state index contributed by atoms with van der Waals surface area (Å²) in [5.74, 6) is 0. The number of piperidine rings is 1. The Hall–Kier alpha value is -0.980. The molecule has 1 saturated heterocycles. The molecular formula is C13H17BrN2O3. The van der Waals surface area contributed by atoms with Crippen LogP contribution >= 0.6 is 15.9 Å². The number of hydrogen-bond acceptors (Lipinski definition) is 4. The van der Waals surface area contributed by atoms with Crippen molar-refractivity contribution in [1.29, 1.82) is 0 Å². The van der Waals surface area contributed by atoms with Gasteiger partial charge in [-0.25, -0.2) is 0 Å². The van der Waals surface area contributed by atoms with Crippen LogP contribution < -0.4 is 0 Å². The lowest BCUT2D eigenvalue weighted by atomic mass is 10.1. The molecule has 2 rings (SSSR count). The normalized spacial score (nSPS) is 20.4. The summed E-state index contributed by atoms with van der Waals surface area (Å²) in [4.78, 5) is 12.8. The Kier molecular flexibility index (Phi) is 4.90. The summed E-state index contributed by atoms with van der Waals surface area (Å²) in [5, 5.41) is 10.9. The highest BCUT2D eigenvalue weighted by atomic mass is 79.9. The van der Waals surface area contributed by atoms with Crippen LogP contribution in [0.2, 0.25) is 0 Å². The molecular weight excluding hydrogens is 312 g/mol. The van der Waals surface area contributed by atoms with Crippen molar-refractivity contribution in [3.05, 3.63) is 38.3 Å². The summed E-state index contributed by atoms with van der Waals surface area (Å²) < 4.78 is 5.91. The lowest BCUT2D eigenvalue weighted by Gasteiger charge is -2.31. The Bertz CT molecular complexity index is 467. The van der Waals surface area contributed by atoms with Crippen molar-refractivity contribution < 1.29 is 9.66 Å².